The van der Waals surface area contributed by atoms with Crippen molar-refractivity contribution in [3.63, 3.8) is 0 Å². The molecule has 0 bridgehead atoms. The molecule has 0 saturated heterocycles. The first-order valence-corrected chi connectivity index (χ1v) is 12.1. The van der Waals surface area contributed by atoms with E-state index in [1.54, 1.807) is 0 Å². The Morgan fingerprint density at radius 2 is 2.00 bits per heavy atom. The summed E-state index contributed by atoms with van der Waals surface area (Å²) in [5.41, 5.74) is 1.50. The Kier molecular flexibility index (Phi) is 11.0. The van der Waals surface area contributed by atoms with Crippen LogP contribution in [0, 0.1) is 17.8 Å². The Morgan fingerprint density at radius 3 is 2.76 bits per heavy atom. The number of aliphatic hydroxyl groups excluding tert-OH is 2. The molecule has 0 radical (unpaired) electrons. The first kappa shape index (κ1) is 24.1. The number of carbonyl (C=O) groups is 1. The van der Waals surface area contributed by atoms with Crippen molar-refractivity contribution in [1.82, 2.24) is 5.32 Å². The van der Waals surface area contributed by atoms with Crippen LogP contribution in [0.2, 0.25) is 0 Å². The molecule has 1 fully saturated rings. The van der Waals surface area contributed by atoms with E-state index in [-0.39, 0.29) is 24.0 Å². The fourth-order valence-corrected chi connectivity index (χ4v) is 4.88. The number of fused-ring (bicyclic) bond motifs is 1. The first-order valence-electron chi connectivity index (χ1n) is 12.1. The molecule has 1 amide bonds. The van der Waals surface area contributed by atoms with Crippen molar-refractivity contribution < 1.29 is 15.0 Å². The fraction of sp³-hybridized carbons (Fsp3) is 0.800. The van der Waals surface area contributed by atoms with Gasteiger partial charge in [0.1, 0.15) is 0 Å². The van der Waals surface area contributed by atoms with Gasteiger partial charge in [0.2, 0.25) is 5.91 Å². The summed E-state index contributed by atoms with van der Waals surface area (Å²) in [6.45, 7) is 5.10. The minimum absolute atomic E-state index is 0.166. The quantitative estimate of drug-likeness (QED) is 0.284. The van der Waals surface area contributed by atoms with Gasteiger partial charge < -0.3 is 15.5 Å². The lowest BCUT2D eigenvalue weighted by atomic mass is 9.88. The van der Waals surface area contributed by atoms with Crippen molar-refractivity contribution in [2.75, 3.05) is 6.54 Å². The maximum absolute atomic E-state index is 11.8. The number of nitrogens with one attached hydrogen (secondary N) is 1. The van der Waals surface area contributed by atoms with E-state index in [0.29, 0.717) is 18.3 Å². The zero-order valence-electron chi connectivity index (χ0n) is 18.6. The predicted octanol–water partition coefficient (Wildman–Crippen LogP) is 4.90. The van der Waals surface area contributed by atoms with E-state index < -0.39 is 0 Å². The number of hydrogen-bond donors (Lipinski definition) is 3. The van der Waals surface area contributed by atoms with E-state index >= 15 is 0 Å². The second kappa shape index (κ2) is 13.2. The summed E-state index contributed by atoms with van der Waals surface area (Å²) < 4.78 is 0. The summed E-state index contributed by atoms with van der Waals surface area (Å²) in [7, 11) is 0. The molecule has 2 rings (SSSR count). The SMILES string of the molecule is CCCCC[C@H](O)C=C[C@@H]1[C@H]2CC(CCCCC(=O)NCCCC)=C[C@H]2C[C@H]1O. The molecule has 0 aromatic carbocycles. The summed E-state index contributed by atoms with van der Waals surface area (Å²) in [5.74, 6) is 1.31. The highest BCUT2D eigenvalue weighted by atomic mass is 16.3. The van der Waals surface area contributed by atoms with Crippen LogP contribution in [0.4, 0.5) is 0 Å². The van der Waals surface area contributed by atoms with Crippen molar-refractivity contribution in [3.05, 3.63) is 23.8 Å². The van der Waals surface area contributed by atoms with E-state index in [2.05, 4.69) is 31.3 Å². The van der Waals surface area contributed by atoms with Crippen LogP contribution in [0.25, 0.3) is 0 Å². The summed E-state index contributed by atoms with van der Waals surface area (Å²) in [6, 6.07) is 0. The minimum Gasteiger partial charge on any atom is -0.392 e. The summed E-state index contributed by atoms with van der Waals surface area (Å²) in [6.07, 6.45) is 17.7. The molecule has 166 valence electrons. The van der Waals surface area contributed by atoms with Crippen LogP contribution in [-0.2, 0) is 4.79 Å². The Hall–Kier alpha value is -1.13. The first-order chi connectivity index (χ1) is 14.0. The fourth-order valence-electron chi connectivity index (χ4n) is 4.88. The van der Waals surface area contributed by atoms with Gasteiger partial charge in [-0.3, -0.25) is 4.79 Å². The van der Waals surface area contributed by atoms with Crippen molar-refractivity contribution in [2.24, 2.45) is 17.8 Å². The van der Waals surface area contributed by atoms with E-state index in [0.717, 1.165) is 70.8 Å². The van der Waals surface area contributed by atoms with Crippen LogP contribution in [0.15, 0.2) is 23.8 Å². The van der Waals surface area contributed by atoms with Crippen LogP contribution in [0.3, 0.4) is 0 Å². The molecule has 29 heavy (non-hydrogen) atoms. The maximum atomic E-state index is 11.8. The van der Waals surface area contributed by atoms with Gasteiger partial charge in [-0.1, -0.05) is 63.3 Å². The predicted molar refractivity (Wildman–Crippen MR) is 119 cm³/mol. The standard InChI is InChI=1S/C25H43NO3/c1-3-5-7-11-21(27)13-14-22-23-17-19(16-20(23)18-24(22)28)10-8-9-12-25(29)26-15-6-4-2/h13-14,16,20-24,27-28H,3-12,15,17-18H2,1-2H3,(H,26,29)/t20-,21-,22+,23-,24+/m0/s1. The number of allylic oxidation sites excluding steroid dienone is 2. The highest BCUT2D eigenvalue weighted by molar-refractivity contribution is 5.75. The molecule has 4 heteroatoms. The number of unbranched alkanes of at least 4 members (excludes halogenated alkanes) is 4. The molecule has 0 aromatic rings. The van der Waals surface area contributed by atoms with E-state index in [1.165, 1.54) is 12.0 Å². The Balaban J connectivity index is 1.69. The Bertz CT molecular complexity index is 542. The minimum atomic E-state index is -0.384. The second-order valence-electron chi connectivity index (χ2n) is 9.10. The topological polar surface area (TPSA) is 69.6 Å². The number of hydrogen-bond acceptors (Lipinski definition) is 3. The maximum Gasteiger partial charge on any atom is 0.219 e. The van der Waals surface area contributed by atoms with Gasteiger partial charge in [0.25, 0.3) is 0 Å². The third kappa shape index (κ3) is 8.25. The molecular formula is C25H43NO3. The number of amides is 1. The van der Waals surface area contributed by atoms with Gasteiger partial charge >= 0.3 is 0 Å². The van der Waals surface area contributed by atoms with Crippen molar-refractivity contribution >= 4 is 5.91 Å². The van der Waals surface area contributed by atoms with E-state index in [9.17, 15) is 15.0 Å². The Morgan fingerprint density at radius 1 is 1.21 bits per heavy atom. The molecule has 0 aliphatic heterocycles. The normalized spacial score (nSPS) is 27.2. The Labute approximate surface area is 177 Å². The third-order valence-electron chi connectivity index (χ3n) is 6.61. The van der Waals surface area contributed by atoms with Crippen LogP contribution >= 0.6 is 0 Å². The van der Waals surface area contributed by atoms with Gasteiger partial charge in [0, 0.05) is 18.9 Å². The van der Waals surface area contributed by atoms with E-state index in [1.807, 2.05) is 6.08 Å². The highest BCUT2D eigenvalue weighted by Gasteiger charge is 2.43. The number of rotatable bonds is 14. The number of carbonyl (C=O) groups excluding carboxylic acids is 1. The number of aliphatic hydroxyl groups is 2. The zero-order valence-corrected chi connectivity index (χ0v) is 18.6. The lowest BCUT2D eigenvalue weighted by Gasteiger charge is -2.19. The molecule has 0 heterocycles. The van der Waals surface area contributed by atoms with Gasteiger partial charge in [0.15, 0.2) is 0 Å². The summed E-state index contributed by atoms with van der Waals surface area (Å²) in [4.78, 5) is 11.8. The van der Waals surface area contributed by atoms with Gasteiger partial charge in [-0.2, -0.15) is 0 Å². The van der Waals surface area contributed by atoms with Crippen LogP contribution < -0.4 is 5.32 Å². The molecule has 2 aliphatic rings. The molecule has 1 saturated carbocycles. The lowest BCUT2D eigenvalue weighted by Crippen LogP contribution is -2.23. The van der Waals surface area contributed by atoms with Gasteiger partial charge in [-0.05, 0) is 56.8 Å². The van der Waals surface area contributed by atoms with Crippen LogP contribution in [0.1, 0.15) is 90.9 Å². The summed E-state index contributed by atoms with van der Waals surface area (Å²) in [5, 5.41) is 23.6. The molecule has 0 aromatic heterocycles. The van der Waals surface area contributed by atoms with Gasteiger partial charge in [-0.25, -0.2) is 0 Å². The highest BCUT2D eigenvalue weighted by Crippen LogP contribution is 2.48. The molecule has 3 N–H and O–H groups in total. The molecule has 0 spiro atoms. The average molecular weight is 406 g/mol. The van der Waals surface area contributed by atoms with Gasteiger partial charge in [0.05, 0.1) is 12.2 Å². The molecular weight excluding hydrogens is 362 g/mol. The zero-order chi connectivity index (χ0) is 21.1. The smallest absolute Gasteiger partial charge is 0.219 e. The molecule has 5 atom stereocenters. The summed E-state index contributed by atoms with van der Waals surface area (Å²) >= 11 is 0. The monoisotopic (exact) mass is 405 g/mol. The largest absolute Gasteiger partial charge is 0.392 e. The lowest BCUT2D eigenvalue weighted by molar-refractivity contribution is -0.121. The average Bonchev–Trinajstić information content (AvgIpc) is 3.20. The van der Waals surface area contributed by atoms with Crippen LogP contribution in [0.5, 0.6) is 0 Å². The second-order valence-corrected chi connectivity index (χ2v) is 9.10. The van der Waals surface area contributed by atoms with Crippen molar-refractivity contribution in [3.8, 4) is 0 Å². The van der Waals surface area contributed by atoms with Crippen molar-refractivity contribution in [2.45, 2.75) is 103 Å². The van der Waals surface area contributed by atoms with Crippen LogP contribution in [-0.4, -0.2) is 34.9 Å². The van der Waals surface area contributed by atoms with Crippen molar-refractivity contribution in [1.29, 1.82) is 0 Å². The molecule has 4 nitrogen and oxygen atoms in total. The molecule has 2 aliphatic carbocycles. The molecule has 0 unspecified atom stereocenters. The van der Waals surface area contributed by atoms with Gasteiger partial charge in [-0.15, -0.1) is 0 Å². The third-order valence-corrected chi connectivity index (χ3v) is 6.61. The van der Waals surface area contributed by atoms with E-state index in [4.69, 9.17) is 0 Å².